The third-order valence-electron chi connectivity index (χ3n) is 4.38. The molecule has 9 nitrogen and oxygen atoms in total. The summed E-state index contributed by atoms with van der Waals surface area (Å²) in [5, 5.41) is 15.6. The van der Waals surface area contributed by atoms with E-state index in [-0.39, 0.29) is 34.1 Å². The smallest absolute Gasteiger partial charge is 0.302 e. The van der Waals surface area contributed by atoms with Crippen LogP contribution < -0.4 is 5.32 Å². The van der Waals surface area contributed by atoms with Gasteiger partial charge in [-0.3, -0.25) is 9.59 Å². The van der Waals surface area contributed by atoms with Crippen molar-refractivity contribution in [2.24, 2.45) is 0 Å². The Labute approximate surface area is 196 Å². The summed E-state index contributed by atoms with van der Waals surface area (Å²) in [4.78, 5) is 23.6. The minimum absolute atomic E-state index is 0.122. The number of furan rings is 1. The summed E-state index contributed by atoms with van der Waals surface area (Å²) in [6.07, 6.45) is 0. The van der Waals surface area contributed by atoms with Crippen molar-refractivity contribution in [1.82, 2.24) is 20.2 Å². The molecule has 0 unspecified atom stereocenters. The first kappa shape index (κ1) is 22.1. The van der Waals surface area contributed by atoms with Gasteiger partial charge < -0.3 is 14.5 Å². The molecule has 4 aromatic rings. The summed E-state index contributed by atoms with van der Waals surface area (Å²) in [5.74, 6) is -0.00530. The van der Waals surface area contributed by atoms with E-state index in [1.165, 1.54) is 23.7 Å². The fourth-order valence-corrected chi connectivity index (χ4v) is 3.52. The number of rotatable bonds is 6. The van der Waals surface area contributed by atoms with Crippen molar-refractivity contribution in [2.45, 2.75) is 13.5 Å². The Kier molecular flexibility index (Phi) is 6.31. The number of benzene rings is 2. The van der Waals surface area contributed by atoms with E-state index in [0.717, 1.165) is 5.39 Å². The molecule has 12 heteroatoms. The molecule has 0 saturated carbocycles. The third kappa shape index (κ3) is 4.69. The fraction of sp³-hybridized carbons (Fsp3) is 0.150. The van der Waals surface area contributed by atoms with Crippen molar-refractivity contribution in [3.8, 4) is 11.6 Å². The lowest BCUT2D eigenvalue weighted by atomic mass is 10.1. The second-order valence-corrected chi connectivity index (χ2v) is 7.83. The van der Waals surface area contributed by atoms with Crippen LogP contribution in [0.15, 0.2) is 40.8 Å². The van der Waals surface area contributed by atoms with Crippen LogP contribution in [0.3, 0.4) is 0 Å². The standard InChI is InChI=1S/C20H14Cl3N5O4/c1-10(29)31-5-4-28-19(25-26-27-28)17-6-11-2-3-12(7-16(11)32-17)20(30)24-13-8-14(21)18(23)15(22)9-13/h2-3,6-9H,4-5H2,1H3,(H,24,30). The van der Waals surface area contributed by atoms with E-state index in [2.05, 4.69) is 20.8 Å². The van der Waals surface area contributed by atoms with E-state index in [4.69, 9.17) is 44.0 Å². The highest BCUT2D eigenvalue weighted by Crippen LogP contribution is 2.33. The van der Waals surface area contributed by atoms with Gasteiger partial charge in [0.15, 0.2) is 5.76 Å². The molecule has 0 aliphatic rings. The van der Waals surface area contributed by atoms with Gasteiger partial charge in [0.25, 0.3) is 5.91 Å². The lowest BCUT2D eigenvalue weighted by molar-refractivity contribution is -0.141. The van der Waals surface area contributed by atoms with Gasteiger partial charge in [-0.25, -0.2) is 4.68 Å². The summed E-state index contributed by atoms with van der Waals surface area (Å²) in [7, 11) is 0. The first-order valence-corrected chi connectivity index (χ1v) is 10.3. The van der Waals surface area contributed by atoms with Gasteiger partial charge in [0.2, 0.25) is 5.82 Å². The maximum absolute atomic E-state index is 12.7. The summed E-state index contributed by atoms with van der Waals surface area (Å²) in [6.45, 7) is 1.71. The number of tetrazole rings is 1. The molecule has 4 rings (SSSR count). The first-order valence-electron chi connectivity index (χ1n) is 9.21. The van der Waals surface area contributed by atoms with E-state index in [9.17, 15) is 9.59 Å². The number of nitrogens with one attached hydrogen (secondary N) is 1. The lowest BCUT2D eigenvalue weighted by Crippen LogP contribution is -2.11. The Bertz CT molecular complexity index is 1310. The highest BCUT2D eigenvalue weighted by molar-refractivity contribution is 6.48. The maximum atomic E-state index is 12.7. The van der Waals surface area contributed by atoms with Crippen LogP contribution >= 0.6 is 34.8 Å². The van der Waals surface area contributed by atoms with Crippen molar-refractivity contribution in [2.75, 3.05) is 11.9 Å². The van der Waals surface area contributed by atoms with Crippen LogP contribution in [-0.2, 0) is 16.1 Å². The lowest BCUT2D eigenvalue weighted by Gasteiger charge is -2.08. The molecule has 0 atom stereocenters. The average molecular weight is 495 g/mol. The number of anilines is 1. The molecule has 2 aromatic heterocycles. The Morgan fingerprint density at radius 1 is 1.12 bits per heavy atom. The van der Waals surface area contributed by atoms with Crippen LogP contribution in [0.1, 0.15) is 17.3 Å². The molecule has 0 bridgehead atoms. The molecule has 0 spiro atoms. The fourth-order valence-electron chi connectivity index (χ4n) is 2.92. The van der Waals surface area contributed by atoms with Crippen LogP contribution in [0.5, 0.6) is 0 Å². The number of halogens is 3. The quantitative estimate of drug-likeness (QED) is 0.301. The van der Waals surface area contributed by atoms with E-state index in [1.54, 1.807) is 24.3 Å². The number of hydrogen-bond donors (Lipinski definition) is 1. The summed E-state index contributed by atoms with van der Waals surface area (Å²) in [5.41, 5.74) is 1.23. The predicted molar refractivity (Wildman–Crippen MR) is 119 cm³/mol. The van der Waals surface area contributed by atoms with E-state index in [0.29, 0.717) is 28.4 Å². The highest BCUT2D eigenvalue weighted by atomic mass is 35.5. The van der Waals surface area contributed by atoms with Crippen LogP contribution in [0.4, 0.5) is 5.69 Å². The van der Waals surface area contributed by atoms with Gasteiger partial charge in [-0.1, -0.05) is 40.9 Å². The molecule has 32 heavy (non-hydrogen) atoms. The number of carbonyl (C=O) groups excluding carboxylic acids is 2. The number of esters is 1. The van der Waals surface area contributed by atoms with Crippen molar-refractivity contribution in [3.63, 3.8) is 0 Å². The van der Waals surface area contributed by atoms with Gasteiger partial charge in [0, 0.05) is 23.6 Å². The summed E-state index contributed by atoms with van der Waals surface area (Å²) < 4.78 is 12.2. The monoisotopic (exact) mass is 493 g/mol. The van der Waals surface area contributed by atoms with E-state index < -0.39 is 5.97 Å². The molecular weight excluding hydrogens is 481 g/mol. The van der Waals surface area contributed by atoms with E-state index in [1.807, 2.05) is 0 Å². The Balaban J connectivity index is 1.56. The van der Waals surface area contributed by atoms with Gasteiger partial charge in [-0.05, 0) is 40.8 Å². The van der Waals surface area contributed by atoms with E-state index >= 15 is 0 Å². The second kappa shape index (κ2) is 9.15. The number of carbonyl (C=O) groups is 2. The number of amides is 1. The van der Waals surface area contributed by atoms with Crippen LogP contribution in [-0.4, -0.2) is 38.7 Å². The minimum Gasteiger partial charge on any atom is -0.464 e. The third-order valence-corrected chi connectivity index (χ3v) is 5.58. The molecule has 1 N–H and O–H groups in total. The average Bonchev–Trinajstić information content (AvgIpc) is 3.37. The molecule has 2 heterocycles. The van der Waals surface area contributed by atoms with Crippen molar-refractivity contribution in [3.05, 3.63) is 57.0 Å². The predicted octanol–water partition coefficient (Wildman–Crippen LogP) is 4.86. The number of nitrogens with zero attached hydrogens (tertiary/aromatic N) is 4. The molecular formula is C20H14Cl3N5O4. The molecule has 164 valence electrons. The summed E-state index contributed by atoms with van der Waals surface area (Å²) >= 11 is 18.0. The minimum atomic E-state index is -0.391. The number of ether oxygens (including phenoxy) is 1. The molecule has 0 aliphatic carbocycles. The number of hydrogen-bond acceptors (Lipinski definition) is 7. The van der Waals surface area contributed by atoms with Gasteiger partial charge >= 0.3 is 5.97 Å². The molecule has 2 aromatic carbocycles. The summed E-state index contributed by atoms with van der Waals surface area (Å²) in [6, 6.07) is 9.76. The zero-order chi connectivity index (χ0) is 22.8. The Morgan fingerprint density at radius 2 is 1.88 bits per heavy atom. The molecule has 0 radical (unpaired) electrons. The van der Waals surface area contributed by atoms with Crippen molar-refractivity contribution < 1.29 is 18.7 Å². The topological polar surface area (TPSA) is 112 Å². The van der Waals surface area contributed by atoms with Crippen LogP contribution in [0.25, 0.3) is 22.6 Å². The van der Waals surface area contributed by atoms with Gasteiger partial charge in [0.1, 0.15) is 12.2 Å². The largest absolute Gasteiger partial charge is 0.464 e. The van der Waals surface area contributed by atoms with Gasteiger partial charge in [0.05, 0.1) is 21.6 Å². The van der Waals surface area contributed by atoms with Crippen molar-refractivity contribution >= 4 is 63.3 Å². The second-order valence-electron chi connectivity index (χ2n) is 6.64. The SMILES string of the molecule is CC(=O)OCCn1nnnc1-c1cc2ccc(C(=O)Nc3cc(Cl)c(Cl)c(Cl)c3)cc2o1. The Morgan fingerprint density at radius 3 is 2.59 bits per heavy atom. The van der Waals surface area contributed by atoms with Crippen LogP contribution in [0, 0.1) is 0 Å². The highest BCUT2D eigenvalue weighted by Gasteiger charge is 2.16. The number of fused-ring (bicyclic) bond motifs is 1. The maximum Gasteiger partial charge on any atom is 0.302 e. The molecule has 0 aliphatic heterocycles. The Hall–Kier alpha value is -3.14. The van der Waals surface area contributed by atoms with Crippen LogP contribution in [0.2, 0.25) is 15.1 Å². The number of aromatic nitrogens is 4. The van der Waals surface area contributed by atoms with Gasteiger partial charge in [-0.2, -0.15) is 0 Å². The first-order chi connectivity index (χ1) is 15.3. The van der Waals surface area contributed by atoms with Gasteiger partial charge in [-0.15, -0.1) is 5.10 Å². The molecule has 0 saturated heterocycles. The zero-order valence-corrected chi connectivity index (χ0v) is 18.7. The molecule has 1 amide bonds. The molecule has 0 fully saturated rings. The van der Waals surface area contributed by atoms with Crippen molar-refractivity contribution in [1.29, 1.82) is 0 Å². The zero-order valence-electron chi connectivity index (χ0n) is 16.4. The normalized spacial score (nSPS) is 11.0.